The van der Waals surface area contributed by atoms with Crippen LogP contribution < -0.4 is 10.7 Å². The summed E-state index contributed by atoms with van der Waals surface area (Å²) in [6, 6.07) is 8.91. The van der Waals surface area contributed by atoms with Gasteiger partial charge in [0.15, 0.2) is 5.43 Å². The molecule has 2 aliphatic heterocycles. The highest BCUT2D eigenvalue weighted by atomic mass is 16.2. The van der Waals surface area contributed by atoms with Crippen molar-refractivity contribution in [2.75, 3.05) is 19.6 Å². The molecule has 2 amide bonds. The molecular weight excluding hydrogens is 306 g/mol. The van der Waals surface area contributed by atoms with Crippen molar-refractivity contribution in [3.8, 4) is 0 Å². The van der Waals surface area contributed by atoms with Crippen molar-refractivity contribution in [2.45, 2.75) is 13.5 Å². The number of nitrogens with zero attached hydrogens (tertiary/aromatic N) is 2. The molecule has 0 bridgehead atoms. The van der Waals surface area contributed by atoms with Crippen LogP contribution >= 0.6 is 0 Å². The van der Waals surface area contributed by atoms with E-state index in [1.165, 1.54) is 0 Å². The fourth-order valence-corrected chi connectivity index (χ4v) is 3.84. The standard InChI is InChI=1S/C18H19N3O3/c1-11-6-16(22)13-4-2-3-5-15(13)21(11)10-17(23)20-8-12-7-19-18(24)14(12)9-20/h2-6,12,14H,7-10H2,1H3,(H,19,24)/t12-,14+/m0/s1. The summed E-state index contributed by atoms with van der Waals surface area (Å²) in [6.45, 7) is 3.81. The van der Waals surface area contributed by atoms with Crippen LogP contribution in [0.2, 0.25) is 0 Å². The Kier molecular flexibility index (Phi) is 3.40. The molecule has 1 aromatic carbocycles. The zero-order valence-electron chi connectivity index (χ0n) is 13.5. The largest absolute Gasteiger partial charge is 0.355 e. The van der Waals surface area contributed by atoms with Gasteiger partial charge in [-0.1, -0.05) is 12.1 Å². The van der Waals surface area contributed by atoms with E-state index in [0.29, 0.717) is 25.0 Å². The van der Waals surface area contributed by atoms with Gasteiger partial charge in [0.05, 0.1) is 11.4 Å². The summed E-state index contributed by atoms with van der Waals surface area (Å²) in [5, 5.41) is 3.47. The SMILES string of the molecule is Cc1cc(=O)c2ccccc2n1CC(=O)N1C[C@@H]2CNC(=O)[C@@H]2C1. The number of rotatable bonds is 2. The number of hydrogen-bond donors (Lipinski definition) is 1. The minimum Gasteiger partial charge on any atom is -0.355 e. The highest BCUT2D eigenvalue weighted by molar-refractivity contribution is 5.85. The number of aryl methyl sites for hydroxylation is 1. The number of pyridine rings is 1. The van der Waals surface area contributed by atoms with Crippen LogP contribution in [0.15, 0.2) is 35.1 Å². The van der Waals surface area contributed by atoms with E-state index in [1.807, 2.05) is 29.7 Å². The maximum atomic E-state index is 12.7. The van der Waals surface area contributed by atoms with E-state index in [2.05, 4.69) is 5.32 Å². The number of benzene rings is 1. The van der Waals surface area contributed by atoms with Crippen molar-refractivity contribution in [3.05, 3.63) is 46.2 Å². The number of aromatic nitrogens is 1. The highest BCUT2D eigenvalue weighted by Gasteiger charge is 2.43. The number of nitrogens with one attached hydrogen (secondary N) is 1. The summed E-state index contributed by atoms with van der Waals surface area (Å²) in [5.41, 5.74) is 1.51. The van der Waals surface area contributed by atoms with Crippen LogP contribution in [-0.2, 0) is 16.1 Å². The van der Waals surface area contributed by atoms with Crippen molar-refractivity contribution in [1.29, 1.82) is 0 Å². The van der Waals surface area contributed by atoms with Crippen LogP contribution in [0.5, 0.6) is 0 Å². The van der Waals surface area contributed by atoms with Crippen LogP contribution in [0.1, 0.15) is 5.69 Å². The minimum absolute atomic E-state index is 0.00546. The number of carbonyl (C=O) groups excluding carboxylic acids is 2. The summed E-state index contributed by atoms with van der Waals surface area (Å²) in [7, 11) is 0. The average molecular weight is 325 g/mol. The van der Waals surface area contributed by atoms with E-state index in [4.69, 9.17) is 0 Å². The fraction of sp³-hybridized carbons (Fsp3) is 0.389. The molecule has 4 rings (SSSR count). The van der Waals surface area contributed by atoms with E-state index in [-0.39, 0.29) is 35.6 Å². The molecule has 0 spiro atoms. The van der Waals surface area contributed by atoms with Gasteiger partial charge in [0.25, 0.3) is 0 Å². The lowest BCUT2D eigenvalue weighted by Crippen LogP contribution is -2.36. The second-order valence-electron chi connectivity index (χ2n) is 6.66. The van der Waals surface area contributed by atoms with Gasteiger partial charge in [-0.15, -0.1) is 0 Å². The topological polar surface area (TPSA) is 71.4 Å². The average Bonchev–Trinajstić information content (AvgIpc) is 3.14. The van der Waals surface area contributed by atoms with Gasteiger partial charge < -0.3 is 14.8 Å². The van der Waals surface area contributed by atoms with Gasteiger partial charge in [-0.3, -0.25) is 14.4 Å². The Morgan fingerprint density at radius 2 is 2.04 bits per heavy atom. The van der Waals surface area contributed by atoms with Crippen LogP contribution in [0.3, 0.4) is 0 Å². The first-order valence-electron chi connectivity index (χ1n) is 8.19. The van der Waals surface area contributed by atoms with Crippen molar-refractivity contribution in [1.82, 2.24) is 14.8 Å². The first-order chi connectivity index (χ1) is 11.5. The molecule has 0 saturated carbocycles. The van der Waals surface area contributed by atoms with Crippen molar-refractivity contribution < 1.29 is 9.59 Å². The zero-order chi connectivity index (χ0) is 16.8. The fourth-order valence-electron chi connectivity index (χ4n) is 3.84. The Bertz CT molecular complexity index is 902. The van der Waals surface area contributed by atoms with E-state index in [0.717, 1.165) is 11.2 Å². The molecule has 2 saturated heterocycles. The second kappa shape index (κ2) is 5.47. The van der Waals surface area contributed by atoms with E-state index < -0.39 is 0 Å². The molecule has 124 valence electrons. The molecule has 0 radical (unpaired) electrons. The second-order valence-corrected chi connectivity index (χ2v) is 6.66. The van der Waals surface area contributed by atoms with Crippen molar-refractivity contribution in [3.63, 3.8) is 0 Å². The first kappa shape index (κ1) is 14.9. The van der Waals surface area contributed by atoms with Gasteiger partial charge in [-0.25, -0.2) is 0 Å². The predicted molar refractivity (Wildman–Crippen MR) is 89.5 cm³/mol. The van der Waals surface area contributed by atoms with Crippen LogP contribution in [0.25, 0.3) is 10.9 Å². The summed E-state index contributed by atoms with van der Waals surface area (Å²) in [4.78, 5) is 38.4. The third-order valence-electron chi connectivity index (χ3n) is 5.19. The number of likely N-dealkylation sites (tertiary alicyclic amines) is 1. The maximum absolute atomic E-state index is 12.7. The molecule has 2 aliphatic rings. The number of fused-ring (bicyclic) bond motifs is 2. The molecular formula is C18H19N3O3. The van der Waals surface area contributed by atoms with E-state index in [9.17, 15) is 14.4 Å². The number of para-hydroxylation sites is 1. The van der Waals surface area contributed by atoms with E-state index >= 15 is 0 Å². The Morgan fingerprint density at radius 1 is 1.25 bits per heavy atom. The van der Waals surface area contributed by atoms with E-state index in [1.54, 1.807) is 17.0 Å². The third kappa shape index (κ3) is 2.29. The zero-order valence-corrected chi connectivity index (χ0v) is 13.5. The number of hydrogen-bond acceptors (Lipinski definition) is 3. The maximum Gasteiger partial charge on any atom is 0.242 e. The Hall–Kier alpha value is -2.63. The highest BCUT2D eigenvalue weighted by Crippen LogP contribution is 2.27. The molecule has 0 aliphatic carbocycles. The summed E-state index contributed by atoms with van der Waals surface area (Å²) in [6.07, 6.45) is 0. The molecule has 24 heavy (non-hydrogen) atoms. The van der Waals surface area contributed by atoms with Crippen LogP contribution in [0, 0.1) is 18.8 Å². The normalized spacial score (nSPS) is 22.7. The summed E-state index contributed by atoms with van der Waals surface area (Å²) >= 11 is 0. The first-order valence-corrected chi connectivity index (χ1v) is 8.19. The lowest BCUT2D eigenvalue weighted by molar-refractivity contribution is -0.131. The smallest absolute Gasteiger partial charge is 0.242 e. The molecule has 2 fully saturated rings. The predicted octanol–water partition coefficient (Wildman–Crippen LogP) is 0.514. The molecule has 6 heteroatoms. The van der Waals surface area contributed by atoms with Gasteiger partial charge in [0.1, 0.15) is 6.54 Å². The lowest BCUT2D eigenvalue weighted by atomic mass is 10.0. The van der Waals surface area contributed by atoms with Gasteiger partial charge in [0, 0.05) is 42.7 Å². The molecule has 2 atom stereocenters. The summed E-state index contributed by atoms with van der Waals surface area (Å²) in [5.74, 6) is 0.212. The monoisotopic (exact) mass is 325 g/mol. The Balaban J connectivity index is 1.62. The molecule has 1 aromatic heterocycles. The van der Waals surface area contributed by atoms with Gasteiger partial charge in [-0.05, 0) is 19.1 Å². The van der Waals surface area contributed by atoms with Gasteiger partial charge in [0.2, 0.25) is 11.8 Å². The number of amides is 2. The molecule has 3 heterocycles. The summed E-state index contributed by atoms with van der Waals surface area (Å²) < 4.78 is 1.88. The lowest BCUT2D eigenvalue weighted by Gasteiger charge is -2.20. The quantitative estimate of drug-likeness (QED) is 0.875. The van der Waals surface area contributed by atoms with Gasteiger partial charge in [-0.2, -0.15) is 0 Å². The molecule has 6 nitrogen and oxygen atoms in total. The Morgan fingerprint density at radius 3 is 2.83 bits per heavy atom. The van der Waals surface area contributed by atoms with Gasteiger partial charge >= 0.3 is 0 Å². The third-order valence-corrected chi connectivity index (χ3v) is 5.19. The van der Waals surface area contributed by atoms with Crippen LogP contribution in [-0.4, -0.2) is 40.9 Å². The number of carbonyl (C=O) groups is 2. The molecule has 0 unspecified atom stereocenters. The molecule has 2 aromatic rings. The van der Waals surface area contributed by atoms with Crippen molar-refractivity contribution >= 4 is 22.7 Å². The molecule has 1 N–H and O–H groups in total. The van der Waals surface area contributed by atoms with Crippen LogP contribution in [0.4, 0.5) is 0 Å². The van der Waals surface area contributed by atoms with Crippen molar-refractivity contribution in [2.24, 2.45) is 11.8 Å². The Labute approximate surface area is 139 Å². The minimum atomic E-state index is -0.0687.